The Labute approximate surface area is 117 Å². The highest BCUT2D eigenvalue weighted by Crippen LogP contribution is 2.25. The highest BCUT2D eigenvalue weighted by Gasteiger charge is 2.40. The number of benzene rings is 2. The van der Waals surface area contributed by atoms with Crippen molar-refractivity contribution in [3.63, 3.8) is 0 Å². The van der Waals surface area contributed by atoms with Gasteiger partial charge in [-0.25, -0.2) is 0 Å². The van der Waals surface area contributed by atoms with Gasteiger partial charge >= 0.3 is 0 Å². The zero-order valence-electron chi connectivity index (χ0n) is 11.1. The van der Waals surface area contributed by atoms with Crippen LogP contribution in [0.4, 0.5) is 0 Å². The molecule has 0 atom stereocenters. The summed E-state index contributed by atoms with van der Waals surface area (Å²) >= 11 is 0. The molecule has 2 aromatic rings. The van der Waals surface area contributed by atoms with Gasteiger partial charge in [0.05, 0.1) is 0 Å². The third-order valence-corrected chi connectivity index (χ3v) is 7.90. The molecule has 4 heteroatoms. The van der Waals surface area contributed by atoms with Crippen LogP contribution in [0.1, 0.15) is 15.9 Å². The standard InChI is InChI=1S/C16H14O3Si/c1-3-20(2)14-8-10(17)4-6-12(14)16(19)13-7-5-11(18)9-15(13)20/h3-9,17-18H,1H2,2H3. The molecule has 1 aliphatic heterocycles. The molecule has 2 N–H and O–H groups in total. The van der Waals surface area contributed by atoms with E-state index in [9.17, 15) is 15.0 Å². The molecule has 0 saturated carbocycles. The van der Waals surface area contributed by atoms with Gasteiger partial charge in [0.2, 0.25) is 0 Å². The van der Waals surface area contributed by atoms with Gasteiger partial charge in [-0.1, -0.05) is 12.2 Å². The molecule has 0 fully saturated rings. The number of ketones is 1. The molecule has 0 saturated heterocycles. The van der Waals surface area contributed by atoms with Gasteiger partial charge in [0, 0.05) is 11.1 Å². The van der Waals surface area contributed by atoms with Gasteiger partial charge in [0.15, 0.2) is 5.78 Å². The Morgan fingerprint density at radius 2 is 1.45 bits per heavy atom. The highest BCUT2D eigenvalue weighted by molar-refractivity contribution is 7.07. The summed E-state index contributed by atoms with van der Waals surface area (Å²) < 4.78 is 0. The van der Waals surface area contributed by atoms with Crippen LogP contribution in [-0.2, 0) is 0 Å². The smallest absolute Gasteiger partial charge is 0.192 e. The number of phenolic OH excluding ortho intramolecular Hbond substituents is 2. The van der Waals surface area contributed by atoms with Crippen LogP contribution in [0.25, 0.3) is 0 Å². The minimum absolute atomic E-state index is 0.0678. The Bertz CT molecular complexity index is 694. The molecule has 0 aliphatic carbocycles. The Kier molecular flexibility index (Phi) is 2.59. The minimum atomic E-state index is -2.33. The Balaban J connectivity index is 2.41. The molecule has 0 amide bonds. The number of aromatic hydroxyl groups is 2. The molecule has 3 rings (SSSR count). The van der Waals surface area contributed by atoms with Crippen LogP contribution in [0.2, 0.25) is 6.55 Å². The monoisotopic (exact) mass is 282 g/mol. The van der Waals surface area contributed by atoms with E-state index in [1.807, 2.05) is 5.70 Å². The highest BCUT2D eigenvalue weighted by atomic mass is 28.3. The largest absolute Gasteiger partial charge is 0.508 e. The van der Waals surface area contributed by atoms with Gasteiger partial charge < -0.3 is 10.2 Å². The molecular weight excluding hydrogens is 268 g/mol. The molecular formula is C16H14O3Si. The lowest BCUT2D eigenvalue weighted by Gasteiger charge is -2.33. The van der Waals surface area contributed by atoms with Crippen molar-refractivity contribution in [2.45, 2.75) is 6.55 Å². The van der Waals surface area contributed by atoms with Crippen molar-refractivity contribution in [1.29, 1.82) is 0 Å². The Morgan fingerprint density at radius 3 is 1.85 bits per heavy atom. The Morgan fingerprint density at radius 1 is 1.00 bits per heavy atom. The van der Waals surface area contributed by atoms with E-state index in [1.165, 1.54) is 12.1 Å². The summed E-state index contributed by atoms with van der Waals surface area (Å²) in [5, 5.41) is 21.2. The molecule has 0 bridgehead atoms. The van der Waals surface area contributed by atoms with Gasteiger partial charge in [-0.15, -0.1) is 6.58 Å². The average molecular weight is 282 g/mol. The third-order valence-electron chi connectivity index (χ3n) is 4.02. The SMILES string of the molecule is C=C[Si]1(C)c2cc(O)ccc2C(=O)c2ccc(O)cc21. The van der Waals surface area contributed by atoms with Crippen molar-refractivity contribution < 1.29 is 15.0 Å². The van der Waals surface area contributed by atoms with E-state index in [0.29, 0.717) is 11.1 Å². The van der Waals surface area contributed by atoms with Gasteiger partial charge in [-0.05, 0) is 46.8 Å². The predicted octanol–water partition coefficient (Wildman–Crippen LogP) is 1.56. The molecule has 20 heavy (non-hydrogen) atoms. The fourth-order valence-electron chi connectivity index (χ4n) is 2.83. The van der Waals surface area contributed by atoms with Crippen LogP contribution in [0.3, 0.4) is 0 Å². The van der Waals surface area contributed by atoms with Crippen LogP contribution in [0.5, 0.6) is 11.5 Å². The number of fused-ring (bicyclic) bond motifs is 2. The lowest BCUT2D eigenvalue weighted by Crippen LogP contribution is -2.60. The first-order valence-electron chi connectivity index (χ1n) is 6.32. The van der Waals surface area contributed by atoms with E-state index in [1.54, 1.807) is 24.3 Å². The summed E-state index contributed by atoms with van der Waals surface area (Å²) in [4.78, 5) is 12.6. The maximum atomic E-state index is 12.6. The minimum Gasteiger partial charge on any atom is -0.508 e. The molecule has 0 unspecified atom stereocenters. The number of hydrogen-bond donors (Lipinski definition) is 2. The van der Waals surface area contributed by atoms with Crippen molar-refractivity contribution in [3.8, 4) is 11.5 Å². The summed E-state index contributed by atoms with van der Waals surface area (Å²) in [6.45, 7) is 5.98. The second kappa shape index (κ2) is 4.08. The summed E-state index contributed by atoms with van der Waals surface area (Å²) in [5.41, 5.74) is 3.11. The number of hydrogen-bond acceptors (Lipinski definition) is 3. The lowest BCUT2D eigenvalue weighted by atomic mass is 10.0. The summed E-state index contributed by atoms with van der Waals surface area (Å²) in [7, 11) is -2.33. The van der Waals surface area contributed by atoms with E-state index in [2.05, 4.69) is 13.1 Å². The third kappa shape index (κ3) is 1.55. The molecule has 0 spiro atoms. The fourth-order valence-corrected chi connectivity index (χ4v) is 5.97. The number of phenols is 2. The second-order valence-corrected chi connectivity index (χ2v) is 9.09. The van der Waals surface area contributed by atoms with Crippen LogP contribution in [0, 0.1) is 0 Å². The van der Waals surface area contributed by atoms with Crippen LogP contribution < -0.4 is 10.4 Å². The van der Waals surface area contributed by atoms with E-state index in [-0.39, 0.29) is 17.3 Å². The predicted molar refractivity (Wildman–Crippen MR) is 80.7 cm³/mol. The topological polar surface area (TPSA) is 57.5 Å². The van der Waals surface area contributed by atoms with E-state index < -0.39 is 8.07 Å². The lowest BCUT2D eigenvalue weighted by molar-refractivity contribution is 0.104. The van der Waals surface area contributed by atoms with Crippen molar-refractivity contribution >= 4 is 24.2 Å². The van der Waals surface area contributed by atoms with E-state index >= 15 is 0 Å². The quantitative estimate of drug-likeness (QED) is 0.780. The van der Waals surface area contributed by atoms with Gasteiger partial charge in [0.25, 0.3) is 0 Å². The zero-order valence-corrected chi connectivity index (χ0v) is 12.1. The normalized spacial score (nSPS) is 15.3. The molecule has 1 heterocycles. The maximum absolute atomic E-state index is 12.6. The molecule has 2 aromatic carbocycles. The summed E-state index contributed by atoms with van der Waals surface area (Å²) in [6, 6.07) is 9.68. The van der Waals surface area contributed by atoms with Crippen molar-refractivity contribution in [3.05, 3.63) is 59.8 Å². The fraction of sp³-hybridized carbons (Fsp3) is 0.0625. The van der Waals surface area contributed by atoms with Crippen molar-refractivity contribution in [2.75, 3.05) is 0 Å². The number of carbonyl (C=O) groups excluding carboxylic acids is 1. The molecule has 0 radical (unpaired) electrons. The zero-order chi connectivity index (χ0) is 14.5. The molecule has 3 nitrogen and oxygen atoms in total. The van der Waals surface area contributed by atoms with E-state index in [0.717, 1.165) is 10.4 Å². The summed E-state index contributed by atoms with van der Waals surface area (Å²) in [5.74, 6) is 0.211. The average Bonchev–Trinajstić information content (AvgIpc) is 2.44. The van der Waals surface area contributed by atoms with E-state index in [4.69, 9.17) is 0 Å². The number of carbonyl (C=O) groups is 1. The van der Waals surface area contributed by atoms with Gasteiger partial charge in [0.1, 0.15) is 19.6 Å². The van der Waals surface area contributed by atoms with Crippen LogP contribution in [-0.4, -0.2) is 24.1 Å². The maximum Gasteiger partial charge on any atom is 0.192 e. The summed E-state index contributed by atoms with van der Waals surface area (Å²) in [6.07, 6.45) is 0. The first kappa shape index (κ1) is 12.7. The van der Waals surface area contributed by atoms with Gasteiger partial charge in [-0.2, -0.15) is 0 Å². The Hall–Kier alpha value is -2.33. The molecule has 1 aliphatic rings. The van der Waals surface area contributed by atoms with Crippen molar-refractivity contribution in [1.82, 2.24) is 0 Å². The van der Waals surface area contributed by atoms with Crippen molar-refractivity contribution in [2.24, 2.45) is 0 Å². The second-order valence-electron chi connectivity index (χ2n) is 5.20. The van der Waals surface area contributed by atoms with Crippen LogP contribution in [0.15, 0.2) is 48.7 Å². The number of rotatable bonds is 1. The first-order valence-corrected chi connectivity index (χ1v) is 8.90. The molecule has 100 valence electrons. The molecule has 0 aromatic heterocycles. The first-order chi connectivity index (χ1) is 9.47. The van der Waals surface area contributed by atoms with Gasteiger partial charge in [-0.3, -0.25) is 4.79 Å². The van der Waals surface area contributed by atoms with Crippen LogP contribution >= 0.6 is 0 Å².